The molecule has 0 spiro atoms. The Bertz CT molecular complexity index is 409. The third-order valence-corrected chi connectivity index (χ3v) is 4.12. The standard InChI is InChI=1S/C15H22BrNO2/c1-3-4-13-9-12(7-8-19-13)17-11-5-6-15(18-2)14(16)10-11/h5-6,10,12-13,17H,3-4,7-9H2,1-2H3. The van der Waals surface area contributed by atoms with E-state index in [9.17, 15) is 0 Å². The summed E-state index contributed by atoms with van der Waals surface area (Å²) in [6.07, 6.45) is 4.93. The molecular formula is C15H22BrNO2. The number of anilines is 1. The van der Waals surface area contributed by atoms with Gasteiger partial charge in [-0.1, -0.05) is 13.3 Å². The first-order chi connectivity index (χ1) is 9.22. The molecule has 1 heterocycles. The molecule has 1 aliphatic heterocycles. The van der Waals surface area contributed by atoms with Gasteiger partial charge in [0, 0.05) is 18.3 Å². The minimum atomic E-state index is 0.415. The van der Waals surface area contributed by atoms with Crippen molar-refractivity contribution in [3.63, 3.8) is 0 Å². The summed E-state index contributed by atoms with van der Waals surface area (Å²) in [5.41, 5.74) is 1.13. The van der Waals surface area contributed by atoms with Crippen LogP contribution in [0.15, 0.2) is 22.7 Å². The molecule has 1 fully saturated rings. The van der Waals surface area contributed by atoms with Crippen LogP contribution in [0.5, 0.6) is 5.75 Å². The third-order valence-electron chi connectivity index (χ3n) is 3.50. The Kier molecular flexibility index (Phi) is 5.52. The highest BCUT2D eigenvalue weighted by molar-refractivity contribution is 9.10. The molecule has 0 aliphatic carbocycles. The number of ether oxygens (including phenoxy) is 2. The van der Waals surface area contributed by atoms with E-state index in [1.165, 1.54) is 6.42 Å². The van der Waals surface area contributed by atoms with Gasteiger partial charge in [-0.05, 0) is 53.4 Å². The van der Waals surface area contributed by atoms with Gasteiger partial charge in [0.2, 0.25) is 0 Å². The van der Waals surface area contributed by atoms with Crippen molar-refractivity contribution in [2.24, 2.45) is 0 Å². The smallest absolute Gasteiger partial charge is 0.133 e. The van der Waals surface area contributed by atoms with Crippen LogP contribution >= 0.6 is 15.9 Å². The summed E-state index contributed by atoms with van der Waals surface area (Å²) in [5, 5.41) is 3.60. The fraction of sp³-hybridized carbons (Fsp3) is 0.600. The molecule has 0 radical (unpaired) electrons. The maximum atomic E-state index is 5.78. The van der Waals surface area contributed by atoms with Crippen LogP contribution in [0.2, 0.25) is 0 Å². The number of hydrogen-bond acceptors (Lipinski definition) is 3. The summed E-state index contributed by atoms with van der Waals surface area (Å²) in [5.74, 6) is 0.862. The van der Waals surface area contributed by atoms with Crippen molar-refractivity contribution < 1.29 is 9.47 Å². The van der Waals surface area contributed by atoms with Gasteiger partial charge in [-0.3, -0.25) is 0 Å². The van der Waals surface area contributed by atoms with Crippen LogP contribution in [0.25, 0.3) is 0 Å². The van der Waals surface area contributed by atoms with Crippen molar-refractivity contribution in [1.29, 1.82) is 0 Å². The Labute approximate surface area is 123 Å². The van der Waals surface area contributed by atoms with Crippen LogP contribution < -0.4 is 10.1 Å². The van der Waals surface area contributed by atoms with E-state index < -0.39 is 0 Å². The zero-order chi connectivity index (χ0) is 13.7. The molecule has 1 aromatic rings. The summed E-state index contributed by atoms with van der Waals surface area (Å²) in [7, 11) is 1.68. The summed E-state index contributed by atoms with van der Waals surface area (Å²) in [6, 6.07) is 6.62. The van der Waals surface area contributed by atoms with Gasteiger partial charge in [0.25, 0.3) is 0 Å². The van der Waals surface area contributed by atoms with Crippen LogP contribution in [0, 0.1) is 0 Å². The molecule has 2 rings (SSSR count). The number of benzene rings is 1. The quantitative estimate of drug-likeness (QED) is 0.878. The van der Waals surface area contributed by atoms with Crippen molar-refractivity contribution >= 4 is 21.6 Å². The van der Waals surface area contributed by atoms with E-state index in [0.29, 0.717) is 12.1 Å². The van der Waals surface area contributed by atoms with Crippen LogP contribution in [0.4, 0.5) is 5.69 Å². The SMILES string of the molecule is CCCC1CC(Nc2ccc(OC)c(Br)c2)CCO1. The van der Waals surface area contributed by atoms with Crippen LogP contribution in [-0.2, 0) is 4.74 Å². The minimum Gasteiger partial charge on any atom is -0.496 e. The zero-order valence-electron chi connectivity index (χ0n) is 11.6. The molecule has 0 bridgehead atoms. The first kappa shape index (κ1) is 14.7. The van der Waals surface area contributed by atoms with Crippen LogP contribution in [0.1, 0.15) is 32.6 Å². The van der Waals surface area contributed by atoms with E-state index >= 15 is 0 Å². The second-order valence-electron chi connectivity index (χ2n) is 5.00. The van der Waals surface area contributed by atoms with Crippen molar-refractivity contribution in [1.82, 2.24) is 0 Å². The first-order valence-electron chi connectivity index (χ1n) is 6.94. The normalized spacial score (nSPS) is 23.1. The highest BCUT2D eigenvalue weighted by atomic mass is 79.9. The third kappa shape index (κ3) is 4.11. The highest BCUT2D eigenvalue weighted by Crippen LogP contribution is 2.29. The van der Waals surface area contributed by atoms with Gasteiger partial charge < -0.3 is 14.8 Å². The fourth-order valence-corrected chi connectivity index (χ4v) is 3.07. The number of nitrogens with one attached hydrogen (secondary N) is 1. The molecule has 0 aromatic heterocycles. The second-order valence-corrected chi connectivity index (χ2v) is 5.85. The molecule has 1 N–H and O–H groups in total. The van der Waals surface area contributed by atoms with Crippen LogP contribution in [-0.4, -0.2) is 25.9 Å². The lowest BCUT2D eigenvalue weighted by Gasteiger charge is -2.30. The lowest BCUT2D eigenvalue weighted by Crippen LogP contribution is -2.33. The van der Waals surface area contributed by atoms with Crippen molar-refractivity contribution in [2.45, 2.75) is 44.8 Å². The predicted octanol–water partition coefficient (Wildman–Crippen LogP) is 4.22. The van der Waals surface area contributed by atoms with Gasteiger partial charge in [0.1, 0.15) is 5.75 Å². The molecule has 1 aliphatic rings. The summed E-state index contributed by atoms with van der Waals surface area (Å²) in [6.45, 7) is 3.07. The van der Waals surface area contributed by atoms with Gasteiger partial charge in [-0.25, -0.2) is 0 Å². The van der Waals surface area contributed by atoms with E-state index in [-0.39, 0.29) is 0 Å². The van der Waals surface area contributed by atoms with Crippen molar-refractivity contribution in [2.75, 3.05) is 19.0 Å². The van der Waals surface area contributed by atoms with Gasteiger partial charge >= 0.3 is 0 Å². The number of halogens is 1. The monoisotopic (exact) mass is 327 g/mol. The van der Waals surface area contributed by atoms with Gasteiger partial charge in [0.05, 0.1) is 17.7 Å². The van der Waals surface area contributed by atoms with E-state index in [4.69, 9.17) is 9.47 Å². The number of hydrogen-bond donors (Lipinski definition) is 1. The average molecular weight is 328 g/mol. The minimum absolute atomic E-state index is 0.415. The molecule has 0 saturated carbocycles. The summed E-state index contributed by atoms with van der Waals surface area (Å²) < 4.78 is 12.0. The lowest BCUT2D eigenvalue weighted by atomic mass is 10.00. The summed E-state index contributed by atoms with van der Waals surface area (Å²) >= 11 is 3.52. The number of methoxy groups -OCH3 is 1. The molecule has 2 unspecified atom stereocenters. The molecule has 1 saturated heterocycles. The Hall–Kier alpha value is -0.740. The molecule has 19 heavy (non-hydrogen) atoms. The molecule has 3 nitrogen and oxygen atoms in total. The van der Waals surface area contributed by atoms with E-state index in [0.717, 1.165) is 41.8 Å². The first-order valence-corrected chi connectivity index (χ1v) is 7.74. The molecular weight excluding hydrogens is 306 g/mol. The Balaban J connectivity index is 1.94. The predicted molar refractivity (Wildman–Crippen MR) is 82.0 cm³/mol. The van der Waals surface area contributed by atoms with Crippen LogP contribution in [0.3, 0.4) is 0 Å². The van der Waals surface area contributed by atoms with Crippen molar-refractivity contribution in [3.8, 4) is 5.75 Å². The second kappa shape index (κ2) is 7.15. The molecule has 1 aromatic carbocycles. The van der Waals surface area contributed by atoms with E-state index in [2.05, 4.69) is 40.3 Å². The number of rotatable bonds is 5. The summed E-state index contributed by atoms with van der Waals surface area (Å²) in [4.78, 5) is 0. The largest absolute Gasteiger partial charge is 0.496 e. The maximum absolute atomic E-state index is 5.78. The highest BCUT2D eigenvalue weighted by Gasteiger charge is 2.21. The Morgan fingerprint density at radius 2 is 2.32 bits per heavy atom. The van der Waals surface area contributed by atoms with E-state index in [1.807, 2.05) is 6.07 Å². The molecule has 106 valence electrons. The average Bonchev–Trinajstić information content (AvgIpc) is 2.40. The Morgan fingerprint density at radius 1 is 1.47 bits per heavy atom. The molecule has 4 heteroatoms. The lowest BCUT2D eigenvalue weighted by molar-refractivity contribution is 0.00598. The van der Waals surface area contributed by atoms with Gasteiger partial charge in [0.15, 0.2) is 0 Å². The molecule has 2 atom stereocenters. The molecule has 0 amide bonds. The fourth-order valence-electron chi connectivity index (χ4n) is 2.53. The Morgan fingerprint density at radius 3 is 3.00 bits per heavy atom. The van der Waals surface area contributed by atoms with E-state index in [1.54, 1.807) is 7.11 Å². The maximum Gasteiger partial charge on any atom is 0.133 e. The van der Waals surface area contributed by atoms with Crippen molar-refractivity contribution in [3.05, 3.63) is 22.7 Å². The topological polar surface area (TPSA) is 30.5 Å². The van der Waals surface area contributed by atoms with Gasteiger partial charge in [-0.2, -0.15) is 0 Å². The zero-order valence-corrected chi connectivity index (χ0v) is 13.2. The van der Waals surface area contributed by atoms with Gasteiger partial charge in [-0.15, -0.1) is 0 Å².